The van der Waals surface area contributed by atoms with Crippen LogP contribution >= 0.6 is 0 Å². The Labute approximate surface area is 423 Å². The molecule has 0 unspecified atom stereocenters. The zero-order valence-corrected chi connectivity index (χ0v) is 40.0. The van der Waals surface area contributed by atoms with Crippen LogP contribution in [-0.4, -0.2) is 139 Å². The van der Waals surface area contributed by atoms with Gasteiger partial charge in [0.1, 0.15) is 43.1 Å². The lowest BCUT2D eigenvalue weighted by Gasteiger charge is -2.38. The van der Waals surface area contributed by atoms with Gasteiger partial charge in [0.2, 0.25) is 18.1 Å². The van der Waals surface area contributed by atoms with Crippen LogP contribution in [0.15, 0.2) is 53.4 Å². The molecule has 4 aromatic rings. The number of aliphatic hydroxyl groups is 4. The summed E-state index contributed by atoms with van der Waals surface area (Å²) in [6.07, 6.45) is -7.65. The standard InChI is InChI=1S/C50H49FN6O18/c1-3-50(70)28-15-32-40-26(18-57(32)45(65)27(28)21-72-48(50)68)25(39-31(55-40)16-29(51)22(2)38(39)24-10-13-71-20-24)17-53-49(69)73-19-23-4-5-33(74-47-43(64)41(62)42(63)44(75-47)46(66)67)30(14-23)54-35(59)8-11-52-34(58)9-12-56-36(60)6-7-37(56)61/h4-7,10,14-16,41-44,47,62-64,70H,3,8-9,11-13,17-21H2,1-2H3,(H,52,58)(H,53,69)(H,54,59)(H,66,67)/t41-,42-,43+,44-,47+,50-/m0/s1. The summed E-state index contributed by atoms with van der Waals surface area (Å²) >= 11 is 0. The minimum Gasteiger partial charge on any atom is -0.479 e. The van der Waals surface area contributed by atoms with E-state index >= 15 is 4.39 Å². The van der Waals surface area contributed by atoms with Gasteiger partial charge >= 0.3 is 18.0 Å². The molecule has 0 radical (unpaired) electrons. The number of aromatic nitrogens is 2. The lowest BCUT2D eigenvalue weighted by Crippen LogP contribution is -2.61. The molecule has 25 heteroatoms. The van der Waals surface area contributed by atoms with Gasteiger partial charge in [-0.3, -0.25) is 28.9 Å². The van der Waals surface area contributed by atoms with Crippen molar-refractivity contribution < 1.29 is 87.2 Å². The first-order valence-electron chi connectivity index (χ1n) is 23.6. The highest BCUT2D eigenvalue weighted by atomic mass is 19.1. The lowest BCUT2D eigenvalue weighted by atomic mass is 9.86. The molecule has 1 saturated heterocycles. The first-order valence-corrected chi connectivity index (χ1v) is 23.6. The van der Waals surface area contributed by atoms with Gasteiger partial charge in [-0.05, 0) is 59.4 Å². The number of benzene rings is 2. The number of aliphatic carboxylic acids is 1. The minimum atomic E-state index is -2.12. The highest BCUT2D eigenvalue weighted by molar-refractivity contribution is 6.13. The number of hydrogen-bond donors (Lipinski definition) is 8. The summed E-state index contributed by atoms with van der Waals surface area (Å²) in [6, 6.07) is 6.70. The van der Waals surface area contributed by atoms with Gasteiger partial charge in [0.05, 0.1) is 47.9 Å². The van der Waals surface area contributed by atoms with Crippen molar-refractivity contribution in [2.24, 2.45) is 0 Å². The number of ether oxygens (including phenoxy) is 5. The van der Waals surface area contributed by atoms with Crippen molar-refractivity contribution in [2.75, 3.05) is 31.6 Å². The molecule has 75 heavy (non-hydrogen) atoms. The molecule has 5 aliphatic rings. The second-order valence-corrected chi connectivity index (χ2v) is 18.2. The Hall–Kier alpha value is -7.94. The van der Waals surface area contributed by atoms with Gasteiger partial charge in [-0.1, -0.05) is 19.1 Å². The number of amides is 5. The molecular formula is C50H49FN6O18. The van der Waals surface area contributed by atoms with E-state index in [0.717, 1.165) is 17.1 Å². The molecule has 0 bridgehead atoms. The van der Waals surface area contributed by atoms with Crippen molar-refractivity contribution in [1.82, 2.24) is 25.1 Å². The Balaban J connectivity index is 0.960. The molecule has 5 aliphatic heterocycles. The normalized spacial score (nSPS) is 22.5. The molecule has 6 atom stereocenters. The van der Waals surface area contributed by atoms with E-state index in [1.807, 2.05) is 0 Å². The van der Waals surface area contributed by atoms with Crippen LogP contribution in [0.4, 0.5) is 14.9 Å². The number of fused-ring (bicyclic) bond motifs is 5. The van der Waals surface area contributed by atoms with Crippen LogP contribution in [-0.2, 0) is 79.6 Å². The molecule has 24 nitrogen and oxygen atoms in total. The van der Waals surface area contributed by atoms with Gasteiger partial charge in [-0.2, -0.15) is 0 Å². The van der Waals surface area contributed by atoms with E-state index in [4.69, 9.17) is 28.7 Å². The van der Waals surface area contributed by atoms with E-state index in [0.29, 0.717) is 27.6 Å². The fourth-order valence-corrected chi connectivity index (χ4v) is 9.55. The number of carbonyl (C=O) groups excluding carboxylic acids is 6. The van der Waals surface area contributed by atoms with E-state index in [1.54, 1.807) is 19.9 Å². The van der Waals surface area contributed by atoms with Gasteiger partial charge in [-0.25, -0.2) is 23.8 Å². The Morgan fingerprint density at radius 1 is 0.947 bits per heavy atom. The molecule has 7 heterocycles. The summed E-state index contributed by atoms with van der Waals surface area (Å²) in [5, 5.41) is 60.6. The molecule has 394 valence electrons. The van der Waals surface area contributed by atoms with Crippen LogP contribution in [0.25, 0.3) is 27.9 Å². The third kappa shape index (κ3) is 9.83. The number of nitrogens with zero attached hydrogens (tertiary/aromatic N) is 3. The zero-order chi connectivity index (χ0) is 53.6. The lowest BCUT2D eigenvalue weighted by molar-refractivity contribution is -0.271. The maximum atomic E-state index is 15.8. The summed E-state index contributed by atoms with van der Waals surface area (Å²) in [5.41, 5.74) is 0.596. The molecule has 0 aliphatic carbocycles. The number of rotatable bonds is 16. The maximum absolute atomic E-state index is 15.8. The number of cyclic esters (lactones) is 1. The molecule has 8 N–H and O–H groups in total. The van der Waals surface area contributed by atoms with Crippen LogP contribution in [0.3, 0.4) is 0 Å². The van der Waals surface area contributed by atoms with Gasteiger partial charge in [0, 0.05) is 67.2 Å². The largest absolute Gasteiger partial charge is 0.479 e. The average Bonchev–Trinajstić information content (AvgIpc) is 4.15. The summed E-state index contributed by atoms with van der Waals surface area (Å²) in [4.78, 5) is 108. The molecule has 2 aromatic heterocycles. The highest BCUT2D eigenvalue weighted by Gasteiger charge is 2.49. The monoisotopic (exact) mass is 1040 g/mol. The molecule has 0 saturated carbocycles. The topological polar surface area (TPSA) is 341 Å². The third-order valence-corrected chi connectivity index (χ3v) is 13.6. The Kier molecular flexibility index (Phi) is 14.4. The van der Waals surface area contributed by atoms with Crippen LogP contribution in [0, 0.1) is 12.7 Å². The van der Waals surface area contributed by atoms with E-state index in [1.165, 1.54) is 34.9 Å². The predicted molar refractivity (Wildman–Crippen MR) is 253 cm³/mol. The van der Waals surface area contributed by atoms with Crippen LogP contribution in [0.5, 0.6) is 5.75 Å². The molecule has 0 spiro atoms. The molecule has 1 fully saturated rings. The average molecular weight is 1040 g/mol. The number of carbonyl (C=O) groups is 7. The van der Waals surface area contributed by atoms with Gasteiger partial charge in [0.15, 0.2) is 11.7 Å². The van der Waals surface area contributed by atoms with Crippen molar-refractivity contribution in [3.63, 3.8) is 0 Å². The second kappa shape index (κ2) is 20.8. The third-order valence-electron chi connectivity index (χ3n) is 13.6. The second-order valence-electron chi connectivity index (χ2n) is 18.2. The summed E-state index contributed by atoms with van der Waals surface area (Å²) in [7, 11) is 0. The quantitative estimate of drug-likeness (QED) is 0.0490. The molecule has 9 rings (SSSR count). The number of carboxylic acids is 1. The van der Waals surface area contributed by atoms with Gasteiger partial charge in [-0.15, -0.1) is 0 Å². The first-order chi connectivity index (χ1) is 35.8. The van der Waals surface area contributed by atoms with E-state index in [2.05, 4.69) is 16.0 Å². The highest BCUT2D eigenvalue weighted by Crippen LogP contribution is 2.43. The van der Waals surface area contributed by atoms with Crippen molar-refractivity contribution in [2.45, 2.75) is 95.7 Å². The van der Waals surface area contributed by atoms with Gasteiger partial charge in [0.25, 0.3) is 17.4 Å². The number of halogens is 1. The Bertz CT molecular complexity index is 3210. The van der Waals surface area contributed by atoms with Crippen LogP contribution in [0.2, 0.25) is 0 Å². The number of anilines is 1. The number of aliphatic hydroxyl groups excluding tert-OH is 3. The van der Waals surface area contributed by atoms with Crippen molar-refractivity contribution in [3.05, 3.63) is 104 Å². The fourth-order valence-electron chi connectivity index (χ4n) is 9.55. The molecule has 5 amide bonds. The number of hydrogen-bond acceptors (Lipinski definition) is 18. The van der Waals surface area contributed by atoms with Gasteiger partial charge < -0.3 is 69.7 Å². The fraction of sp³-hybridized carbons (Fsp3) is 0.380. The number of carboxylic acid groups (broad SMARTS) is 1. The van der Waals surface area contributed by atoms with Crippen LogP contribution in [0.1, 0.15) is 65.1 Å². The summed E-state index contributed by atoms with van der Waals surface area (Å²) < 4.78 is 44.7. The van der Waals surface area contributed by atoms with E-state index < -0.39 is 96.0 Å². The minimum absolute atomic E-state index is 0.0641. The maximum Gasteiger partial charge on any atom is 0.407 e. The first kappa shape index (κ1) is 51.9. The zero-order valence-electron chi connectivity index (χ0n) is 40.0. The predicted octanol–water partition coefficient (Wildman–Crippen LogP) is 0.398. The summed E-state index contributed by atoms with van der Waals surface area (Å²) in [5.74, 6) is -5.83. The summed E-state index contributed by atoms with van der Waals surface area (Å²) in [6.45, 7) is 2.03. The number of esters is 1. The molecular weight excluding hydrogens is 992 g/mol. The van der Waals surface area contributed by atoms with Crippen LogP contribution < -0.4 is 26.2 Å². The Morgan fingerprint density at radius 3 is 2.41 bits per heavy atom. The number of alkyl carbamates (subject to hydrolysis) is 1. The van der Waals surface area contributed by atoms with E-state index in [-0.39, 0.29) is 116 Å². The Morgan fingerprint density at radius 2 is 1.71 bits per heavy atom. The number of imide groups is 1. The van der Waals surface area contributed by atoms with Crippen molar-refractivity contribution in [3.8, 4) is 17.1 Å². The smallest absolute Gasteiger partial charge is 0.407 e. The van der Waals surface area contributed by atoms with Crippen molar-refractivity contribution >= 4 is 63.8 Å². The van der Waals surface area contributed by atoms with E-state index in [9.17, 15) is 63.9 Å². The van der Waals surface area contributed by atoms with Crippen molar-refractivity contribution in [1.29, 1.82) is 0 Å². The SMILES string of the molecule is CC[C@@]1(O)C(=O)OCc2c1cc1n(c2=O)Cc2c-1nc1cc(F)c(C)c(C3=CCOC3)c1c2CNC(=O)OCc1ccc(O[C@@H]2O[C@H](C(=O)O)[C@@H](O)[C@H](O)[C@H]2O)c(NC(=O)CCNC(=O)CCN2C(=O)C=CC2=O)c1. The number of nitrogens with one attached hydrogen (secondary N) is 3. The molecule has 2 aromatic carbocycles. The number of pyridine rings is 2.